The first kappa shape index (κ1) is 19.8. The third kappa shape index (κ3) is 2.81. The van der Waals surface area contributed by atoms with E-state index >= 15 is 0 Å². The van der Waals surface area contributed by atoms with Crippen molar-refractivity contribution in [3.8, 4) is 16.8 Å². The van der Waals surface area contributed by atoms with Gasteiger partial charge in [-0.15, -0.1) is 11.3 Å². The lowest BCUT2D eigenvalue weighted by molar-refractivity contribution is 1.18. The SMILES string of the molecule is c1ccc2cc(-c3ccc(-n4c5cccnc5c5c6sc7ccccc7c6ccc54)cc3)ccc2c1. The normalized spacial score (nSPS) is 11.9. The largest absolute Gasteiger partial charge is 0.308 e. The highest BCUT2D eigenvalue weighted by molar-refractivity contribution is 7.26. The van der Waals surface area contributed by atoms with Crippen molar-refractivity contribution in [1.82, 2.24) is 9.55 Å². The topological polar surface area (TPSA) is 17.8 Å². The zero-order valence-electron chi connectivity index (χ0n) is 19.3. The van der Waals surface area contributed by atoms with E-state index in [2.05, 4.69) is 114 Å². The van der Waals surface area contributed by atoms with Crippen LogP contribution in [0.2, 0.25) is 0 Å². The van der Waals surface area contributed by atoms with Crippen LogP contribution < -0.4 is 0 Å². The molecule has 8 rings (SSSR count). The minimum absolute atomic E-state index is 1.06. The third-order valence-electron chi connectivity index (χ3n) is 7.24. The van der Waals surface area contributed by atoms with E-state index in [1.54, 1.807) is 0 Å². The van der Waals surface area contributed by atoms with E-state index < -0.39 is 0 Å². The van der Waals surface area contributed by atoms with E-state index in [0.717, 1.165) is 16.7 Å². The molecule has 0 aliphatic carbocycles. The summed E-state index contributed by atoms with van der Waals surface area (Å²) in [5.74, 6) is 0. The van der Waals surface area contributed by atoms with E-state index in [0.29, 0.717) is 0 Å². The number of aromatic nitrogens is 2. The Labute approximate surface area is 211 Å². The molecule has 8 aromatic rings. The fourth-order valence-corrected chi connectivity index (χ4v) is 6.79. The molecule has 0 spiro atoms. The average Bonchev–Trinajstić information content (AvgIpc) is 3.48. The number of benzene rings is 5. The molecule has 36 heavy (non-hydrogen) atoms. The fraction of sp³-hybridized carbons (Fsp3) is 0. The molecule has 0 N–H and O–H groups in total. The third-order valence-corrected chi connectivity index (χ3v) is 8.44. The summed E-state index contributed by atoms with van der Waals surface area (Å²) in [5.41, 5.74) is 6.99. The molecule has 0 saturated heterocycles. The van der Waals surface area contributed by atoms with Gasteiger partial charge in [0.1, 0.15) is 0 Å². The van der Waals surface area contributed by atoms with Crippen LogP contribution in [0.3, 0.4) is 0 Å². The Bertz CT molecular complexity index is 2100. The van der Waals surface area contributed by atoms with Gasteiger partial charge in [-0.25, -0.2) is 0 Å². The maximum absolute atomic E-state index is 4.86. The number of thiophene rings is 1. The monoisotopic (exact) mass is 476 g/mol. The van der Waals surface area contributed by atoms with Crippen LogP contribution in [0.4, 0.5) is 0 Å². The molecule has 0 atom stereocenters. The second-order valence-electron chi connectivity index (χ2n) is 9.25. The summed E-state index contributed by atoms with van der Waals surface area (Å²) in [6.07, 6.45) is 1.90. The van der Waals surface area contributed by atoms with Gasteiger partial charge < -0.3 is 4.57 Å². The molecular formula is C33H20N2S. The number of hydrogen-bond acceptors (Lipinski definition) is 2. The number of hydrogen-bond donors (Lipinski definition) is 0. The lowest BCUT2D eigenvalue weighted by Gasteiger charge is -2.10. The molecule has 0 unspecified atom stereocenters. The molecular weight excluding hydrogens is 456 g/mol. The average molecular weight is 477 g/mol. The van der Waals surface area contributed by atoms with Gasteiger partial charge in [-0.2, -0.15) is 0 Å². The lowest BCUT2D eigenvalue weighted by atomic mass is 10.0. The van der Waals surface area contributed by atoms with Crippen molar-refractivity contribution in [1.29, 1.82) is 0 Å². The quantitative estimate of drug-likeness (QED) is 0.243. The van der Waals surface area contributed by atoms with Crippen molar-refractivity contribution < 1.29 is 0 Å². The standard InChI is InChI=1S/C33H20N2S/c1-2-7-23-20-24(12-11-21(23)6-1)22-13-15-25(16-14-22)35-28-18-17-27-26-8-3-4-10-30(26)36-33(27)31(28)32-29(35)9-5-19-34-32/h1-20H. The van der Waals surface area contributed by atoms with E-state index in [1.807, 2.05) is 23.6 Å². The smallest absolute Gasteiger partial charge is 0.0977 e. The zero-order chi connectivity index (χ0) is 23.6. The Balaban J connectivity index is 1.35. The van der Waals surface area contributed by atoms with Gasteiger partial charge in [-0.1, -0.05) is 72.8 Å². The molecule has 168 valence electrons. The highest BCUT2D eigenvalue weighted by Gasteiger charge is 2.18. The first-order valence-corrected chi connectivity index (χ1v) is 13.0. The van der Waals surface area contributed by atoms with Gasteiger partial charge >= 0.3 is 0 Å². The van der Waals surface area contributed by atoms with E-state index in [9.17, 15) is 0 Å². The van der Waals surface area contributed by atoms with Crippen molar-refractivity contribution in [3.05, 3.63) is 121 Å². The van der Waals surface area contributed by atoms with E-state index in [4.69, 9.17) is 4.98 Å². The fourth-order valence-electron chi connectivity index (χ4n) is 5.54. The Kier molecular flexibility index (Phi) is 4.13. The van der Waals surface area contributed by atoms with Crippen molar-refractivity contribution in [2.24, 2.45) is 0 Å². The summed E-state index contributed by atoms with van der Waals surface area (Å²) in [6, 6.07) is 41.5. The second kappa shape index (κ2) is 7.51. The van der Waals surface area contributed by atoms with E-state index in [1.165, 1.54) is 53.0 Å². The minimum atomic E-state index is 1.06. The Morgan fingerprint density at radius 2 is 1.39 bits per heavy atom. The molecule has 3 heterocycles. The van der Waals surface area contributed by atoms with E-state index in [-0.39, 0.29) is 0 Å². The molecule has 3 aromatic heterocycles. The summed E-state index contributed by atoms with van der Waals surface area (Å²) in [6.45, 7) is 0. The van der Waals surface area contributed by atoms with Gasteiger partial charge in [-0.05, 0) is 64.4 Å². The summed E-state index contributed by atoms with van der Waals surface area (Å²) in [4.78, 5) is 4.86. The van der Waals surface area contributed by atoms with Gasteiger partial charge in [0, 0.05) is 37.4 Å². The van der Waals surface area contributed by atoms with Crippen LogP contribution in [-0.4, -0.2) is 9.55 Å². The minimum Gasteiger partial charge on any atom is -0.308 e. The molecule has 0 aliphatic rings. The number of fused-ring (bicyclic) bond motifs is 8. The molecule has 5 aromatic carbocycles. The molecule has 0 aliphatic heterocycles. The first-order valence-electron chi connectivity index (χ1n) is 12.1. The molecule has 2 nitrogen and oxygen atoms in total. The summed E-state index contributed by atoms with van der Waals surface area (Å²) in [7, 11) is 0. The maximum Gasteiger partial charge on any atom is 0.0977 e. The van der Waals surface area contributed by atoms with Crippen molar-refractivity contribution >= 4 is 64.2 Å². The van der Waals surface area contributed by atoms with Crippen LogP contribution >= 0.6 is 11.3 Å². The van der Waals surface area contributed by atoms with Crippen LogP contribution in [0, 0.1) is 0 Å². The number of pyridine rings is 1. The predicted molar refractivity (Wildman–Crippen MR) is 154 cm³/mol. The Hall–Kier alpha value is -4.47. The van der Waals surface area contributed by atoms with Gasteiger partial charge in [0.25, 0.3) is 0 Å². The Morgan fingerprint density at radius 1 is 0.583 bits per heavy atom. The summed E-state index contributed by atoms with van der Waals surface area (Å²) < 4.78 is 4.98. The lowest BCUT2D eigenvalue weighted by Crippen LogP contribution is -1.93. The number of nitrogens with zero attached hydrogens (tertiary/aromatic N) is 2. The van der Waals surface area contributed by atoms with Gasteiger partial charge in [0.05, 0.1) is 16.6 Å². The van der Waals surface area contributed by atoms with Crippen molar-refractivity contribution in [3.63, 3.8) is 0 Å². The predicted octanol–water partition coefficient (Wildman–Crippen LogP) is 9.37. The van der Waals surface area contributed by atoms with Gasteiger partial charge in [0.15, 0.2) is 0 Å². The van der Waals surface area contributed by atoms with Crippen LogP contribution in [0.1, 0.15) is 0 Å². The van der Waals surface area contributed by atoms with Crippen molar-refractivity contribution in [2.75, 3.05) is 0 Å². The van der Waals surface area contributed by atoms with Crippen LogP contribution in [-0.2, 0) is 0 Å². The zero-order valence-corrected chi connectivity index (χ0v) is 20.2. The highest BCUT2D eigenvalue weighted by Crippen LogP contribution is 2.42. The van der Waals surface area contributed by atoms with Gasteiger partial charge in [-0.3, -0.25) is 4.98 Å². The van der Waals surface area contributed by atoms with Crippen molar-refractivity contribution in [2.45, 2.75) is 0 Å². The maximum atomic E-state index is 4.86. The van der Waals surface area contributed by atoms with Crippen LogP contribution in [0.25, 0.3) is 69.7 Å². The molecule has 0 radical (unpaired) electrons. The molecule has 3 heteroatoms. The highest BCUT2D eigenvalue weighted by atomic mass is 32.1. The first-order chi connectivity index (χ1) is 17.8. The molecule has 0 saturated carbocycles. The number of rotatable bonds is 2. The Morgan fingerprint density at radius 3 is 2.31 bits per heavy atom. The van der Waals surface area contributed by atoms with Crippen LogP contribution in [0.5, 0.6) is 0 Å². The summed E-state index contributed by atoms with van der Waals surface area (Å²) in [5, 5.41) is 6.39. The molecule has 0 bridgehead atoms. The molecule has 0 amide bonds. The van der Waals surface area contributed by atoms with Crippen LogP contribution in [0.15, 0.2) is 121 Å². The summed E-state index contributed by atoms with van der Waals surface area (Å²) >= 11 is 1.86. The van der Waals surface area contributed by atoms with Gasteiger partial charge in [0.2, 0.25) is 0 Å². The molecule has 0 fully saturated rings. The second-order valence-corrected chi connectivity index (χ2v) is 10.3.